The summed E-state index contributed by atoms with van der Waals surface area (Å²) in [5.41, 5.74) is 0.0454. The molecular formula is C20H19FN2O4S. The number of hydrogen-bond acceptors (Lipinski definition) is 5. The van der Waals surface area contributed by atoms with Crippen molar-refractivity contribution in [3.05, 3.63) is 60.2 Å². The van der Waals surface area contributed by atoms with E-state index in [4.69, 9.17) is 4.74 Å². The molecule has 0 saturated carbocycles. The number of hydrogen-bond donors (Lipinski definition) is 0. The topological polar surface area (TPSA) is 78.3 Å². The Morgan fingerprint density at radius 2 is 1.89 bits per heavy atom. The number of carbonyl (C=O) groups excluding carboxylic acids is 1. The summed E-state index contributed by atoms with van der Waals surface area (Å²) in [7, 11) is -4.07. The zero-order valence-corrected chi connectivity index (χ0v) is 15.9. The third-order valence-electron chi connectivity index (χ3n) is 4.95. The second kappa shape index (κ2) is 7.44. The molecule has 146 valence electrons. The minimum Gasteiger partial charge on any atom is -0.381 e. The van der Waals surface area contributed by atoms with Crippen LogP contribution in [0.5, 0.6) is 0 Å². The summed E-state index contributed by atoms with van der Waals surface area (Å²) >= 11 is 0. The Morgan fingerprint density at radius 1 is 1.18 bits per heavy atom. The van der Waals surface area contributed by atoms with Crippen molar-refractivity contribution < 1.29 is 22.3 Å². The fourth-order valence-corrected chi connectivity index (χ4v) is 5.00. The zero-order chi connectivity index (χ0) is 19.7. The molecule has 6 nitrogen and oxygen atoms in total. The molecule has 1 aliphatic heterocycles. The standard InChI is InChI=1S/C20H19FN2O4S/c21-16-11-15-12-18(19(24)10-14-6-8-27-9-7-14)23(20(15)22-13-16)28(25,26)17-4-2-1-3-5-17/h1-5,11-14H,6-10H2. The predicted molar refractivity (Wildman–Crippen MR) is 101 cm³/mol. The Bertz CT molecular complexity index is 1120. The third-order valence-corrected chi connectivity index (χ3v) is 6.67. The van der Waals surface area contributed by atoms with Crippen LogP contribution in [0.2, 0.25) is 0 Å². The molecule has 0 N–H and O–H groups in total. The number of pyridine rings is 1. The Morgan fingerprint density at radius 3 is 2.61 bits per heavy atom. The average molecular weight is 402 g/mol. The molecule has 0 atom stereocenters. The number of ketones is 1. The summed E-state index contributed by atoms with van der Waals surface area (Å²) in [6, 6.07) is 10.4. The van der Waals surface area contributed by atoms with Gasteiger partial charge in [0.25, 0.3) is 10.0 Å². The molecule has 8 heteroatoms. The van der Waals surface area contributed by atoms with Crippen molar-refractivity contribution in [1.82, 2.24) is 8.96 Å². The van der Waals surface area contributed by atoms with E-state index >= 15 is 0 Å². The van der Waals surface area contributed by atoms with Crippen LogP contribution in [0.1, 0.15) is 29.8 Å². The summed E-state index contributed by atoms with van der Waals surface area (Å²) in [5.74, 6) is -0.758. The van der Waals surface area contributed by atoms with Crippen LogP contribution in [0, 0.1) is 11.7 Å². The first kappa shape index (κ1) is 18.8. The summed E-state index contributed by atoms with van der Waals surface area (Å²) < 4.78 is 46.5. The van der Waals surface area contributed by atoms with Crippen LogP contribution in [0.4, 0.5) is 4.39 Å². The molecule has 0 radical (unpaired) electrons. The first-order valence-corrected chi connectivity index (χ1v) is 10.5. The lowest BCUT2D eigenvalue weighted by atomic mass is 9.93. The van der Waals surface area contributed by atoms with Crippen LogP contribution in [0.15, 0.2) is 53.6 Å². The lowest BCUT2D eigenvalue weighted by Crippen LogP contribution is -2.22. The summed E-state index contributed by atoms with van der Waals surface area (Å²) in [4.78, 5) is 17.0. The van der Waals surface area contributed by atoms with E-state index in [9.17, 15) is 17.6 Å². The lowest BCUT2D eigenvalue weighted by molar-refractivity contribution is 0.0599. The number of ether oxygens (including phenoxy) is 1. The minimum atomic E-state index is -4.07. The Kier molecular flexibility index (Phi) is 4.99. The average Bonchev–Trinajstić information content (AvgIpc) is 3.09. The number of rotatable bonds is 5. The van der Waals surface area contributed by atoms with E-state index in [1.165, 1.54) is 24.3 Å². The molecule has 3 aromatic rings. The highest BCUT2D eigenvalue weighted by Gasteiger charge is 2.29. The zero-order valence-electron chi connectivity index (χ0n) is 15.0. The molecule has 0 aliphatic carbocycles. The van der Waals surface area contributed by atoms with Crippen molar-refractivity contribution in [2.45, 2.75) is 24.2 Å². The lowest BCUT2D eigenvalue weighted by Gasteiger charge is -2.21. The van der Waals surface area contributed by atoms with E-state index < -0.39 is 15.8 Å². The highest BCUT2D eigenvalue weighted by atomic mass is 32.2. The second-order valence-electron chi connectivity index (χ2n) is 6.86. The highest BCUT2D eigenvalue weighted by Crippen LogP contribution is 2.28. The molecule has 0 amide bonds. The highest BCUT2D eigenvalue weighted by molar-refractivity contribution is 7.90. The van der Waals surface area contributed by atoms with Crippen LogP contribution < -0.4 is 0 Å². The molecule has 3 heterocycles. The van der Waals surface area contributed by atoms with E-state index in [1.54, 1.807) is 18.2 Å². The molecule has 4 rings (SSSR count). The van der Waals surface area contributed by atoms with Crippen molar-refractivity contribution in [2.75, 3.05) is 13.2 Å². The van der Waals surface area contributed by atoms with Gasteiger partial charge in [0.05, 0.1) is 11.1 Å². The molecule has 1 aliphatic rings. The van der Waals surface area contributed by atoms with Gasteiger partial charge >= 0.3 is 0 Å². The first-order chi connectivity index (χ1) is 13.5. The Labute approximate surface area is 162 Å². The first-order valence-electron chi connectivity index (χ1n) is 9.05. The maximum absolute atomic E-state index is 13.7. The molecule has 2 aromatic heterocycles. The van der Waals surface area contributed by atoms with Gasteiger partial charge in [0.2, 0.25) is 0 Å². The summed E-state index contributed by atoms with van der Waals surface area (Å²) in [6.45, 7) is 1.19. The minimum absolute atomic E-state index is 0.00319. The van der Waals surface area contributed by atoms with Crippen LogP contribution >= 0.6 is 0 Å². The van der Waals surface area contributed by atoms with Gasteiger partial charge in [-0.15, -0.1) is 0 Å². The maximum atomic E-state index is 13.7. The summed E-state index contributed by atoms with van der Waals surface area (Å²) in [6.07, 6.45) is 2.67. The van der Waals surface area contributed by atoms with Gasteiger partial charge in [-0.25, -0.2) is 21.8 Å². The van der Waals surface area contributed by atoms with Crippen LogP contribution in [-0.4, -0.2) is 36.4 Å². The number of halogens is 1. The summed E-state index contributed by atoms with van der Waals surface area (Å²) in [5, 5.41) is 0.273. The van der Waals surface area contributed by atoms with E-state index in [-0.39, 0.29) is 39.7 Å². The number of nitrogens with zero attached hydrogens (tertiary/aromatic N) is 2. The fourth-order valence-electron chi connectivity index (χ4n) is 3.50. The number of aromatic nitrogens is 2. The maximum Gasteiger partial charge on any atom is 0.270 e. The molecule has 28 heavy (non-hydrogen) atoms. The van der Waals surface area contributed by atoms with Crippen molar-refractivity contribution in [2.24, 2.45) is 5.92 Å². The van der Waals surface area contributed by atoms with Crippen molar-refractivity contribution >= 4 is 26.8 Å². The molecule has 0 spiro atoms. The number of carbonyl (C=O) groups is 1. The van der Waals surface area contributed by atoms with E-state index in [0.29, 0.717) is 13.2 Å². The van der Waals surface area contributed by atoms with Crippen LogP contribution in [-0.2, 0) is 14.8 Å². The van der Waals surface area contributed by atoms with Gasteiger partial charge in [-0.1, -0.05) is 18.2 Å². The van der Waals surface area contributed by atoms with E-state index in [0.717, 1.165) is 23.0 Å². The van der Waals surface area contributed by atoms with Gasteiger partial charge in [0, 0.05) is 25.0 Å². The number of benzene rings is 1. The van der Waals surface area contributed by atoms with Gasteiger partial charge in [-0.2, -0.15) is 0 Å². The second-order valence-corrected chi connectivity index (χ2v) is 8.65. The predicted octanol–water partition coefficient (Wildman–Crippen LogP) is 3.41. The molecule has 1 aromatic carbocycles. The smallest absolute Gasteiger partial charge is 0.270 e. The van der Waals surface area contributed by atoms with Crippen molar-refractivity contribution in [3.8, 4) is 0 Å². The van der Waals surface area contributed by atoms with Crippen LogP contribution in [0.25, 0.3) is 11.0 Å². The molecule has 1 saturated heterocycles. The number of fused-ring (bicyclic) bond motifs is 1. The third kappa shape index (κ3) is 3.45. The van der Waals surface area contributed by atoms with Crippen LogP contribution in [0.3, 0.4) is 0 Å². The normalized spacial score (nSPS) is 15.8. The van der Waals surface area contributed by atoms with Gasteiger partial charge in [0.15, 0.2) is 11.4 Å². The van der Waals surface area contributed by atoms with Crippen molar-refractivity contribution in [3.63, 3.8) is 0 Å². The molecule has 1 fully saturated rings. The molecule has 0 unspecified atom stereocenters. The SMILES string of the molecule is O=C(CC1CCOCC1)c1cc2cc(F)cnc2n1S(=O)(=O)c1ccccc1. The molecule has 0 bridgehead atoms. The van der Waals surface area contributed by atoms with Crippen molar-refractivity contribution in [1.29, 1.82) is 0 Å². The largest absolute Gasteiger partial charge is 0.381 e. The van der Waals surface area contributed by atoms with Gasteiger partial charge in [-0.05, 0) is 43.0 Å². The van der Waals surface area contributed by atoms with Gasteiger partial charge in [0.1, 0.15) is 11.5 Å². The number of Topliss-reactive ketones (excluding diaryl/α,β-unsaturated/α-hetero) is 1. The molecular weight excluding hydrogens is 383 g/mol. The monoisotopic (exact) mass is 402 g/mol. The van der Waals surface area contributed by atoms with Gasteiger partial charge in [-0.3, -0.25) is 4.79 Å². The van der Waals surface area contributed by atoms with Gasteiger partial charge < -0.3 is 4.74 Å². The quantitative estimate of drug-likeness (QED) is 0.611. The Hall–Kier alpha value is -2.58. The van der Waals surface area contributed by atoms with E-state index in [2.05, 4.69) is 4.98 Å². The van der Waals surface area contributed by atoms with E-state index in [1.807, 2.05) is 0 Å². The Balaban J connectivity index is 1.84. The fraction of sp³-hybridized carbons (Fsp3) is 0.300.